The van der Waals surface area contributed by atoms with Crippen LogP contribution in [0.2, 0.25) is 0 Å². The van der Waals surface area contributed by atoms with Crippen LogP contribution in [0.3, 0.4) is 0 Å². The predicted octanol–water partition coefficient (Wildman–Crippen LogP) is 2.67. The van der Waals surface area contributed by atoms with E-state index in [1.807, 2.05) is 13.8 Å². The normalized spacial score (nSPS) is 18.1. The van der Waals surface area contributed by atoms with Gasteiger partial charge in [-0.1, -0.05) is 0 Å². The van der Waals surface area contributed by atoms with Gasteiger partial charge >= 0.3 is 0 Å². The molecule has 1 aliphatic heterocycles. The quantitative estimate of drug-likeness (QED) is 0.818. The Hall–Kier alpha value is -1.79. The summed E-state index contributed by atoms with van der Waals surface area (Å²) >= 11 is 0. The largest absolute Gasteiger partial charge is 0.493 e. The van der Waals surface area contributed by atoms with E-state index in [0.29, 0.717) is 23.7 Å². The molecule has 1 amide bonds. The molecule has 1 N–H and O–H groups in total. The van der Waals surface area contributed by atoms with Crippen LogP contribution in [0.25, 0.3) is 0 Å². The van der Waals surface area contributed by atoms with Gasteiger partial charge in [0, 0.05) is 18.6 Å². The van der Waals surface area contributed by atoms with Crippen molar-refractivity contribution in [1.82, 2.24) is 5.48 Å². The number of hydrogen-bond donors (Lipinski definition) is 1. The van der Waals surface area contributed by atoms with E-state index in [4.69, 9.17) is 19.0 Å². The van der Waals surface area contributed by atoms with E-state index >= 15 is 0 Å². The van der Waals surface area contributed by atoms with Crippen molar-refractivity contribution in [2.24, 2.45) is 0 Å². The highest BCUT2D eigenvalue weighted by Gasteiger charge is 2.17. The highest BCUT2D eigenvalue weighted by atomic mass is 16.8. The number of rotatable bonds is 6. The number of benzene rings is 1. The van der Waals surface area contributed by atoms with Gasteiger partial charge in [0.05, 0.1) is 13.2 Å². The number of amides is 1. The van der Waals surface area contributed by atoms with E-state index in [1.54, 1.807) is 18.2 Å². The molecule has 122 valence electrons. The number of hydrogen-bond acceptors (Lipinski definition) is 5. The Balaban J connectivity index is 1.96. The summed E-state index contributed by atoms with van der Waals surface area (Å²) in [5.41, 5.74) is 2.85. The first kappa shape index (κ1) is 16.6. The fourth-order valence-corrected chi connectivity index (χ4v) is 2.14. The lowest BCUT2D eigenvalue weighted by atomic mass is 10.2. The van der Waals surface area contributed by atoms with Crippen molar-refractivity contribution in [3.05, 3.63) is 23.8 Å². The van der Waals surface area contributed by atoms with Gasteiger partial charge in [0.25, 0.3) is 5.91 Å². The first-order valence-corrected chi connectivity index (χ1v) is 7.52. The Morgan fingerprint density at radius 2 is 2.14 bits per heavy atom. The lowest BCUT2D eigenvalue weighted by molar-refractivity contribution is -0.186. The van der Waals surface area contributed by atoms with Crippen molar-refractivity contribution in [2.45, 2.75) is 45.5 Å². The van der Waals surface area contributed by atoms with Gasteiger partial charge in [-0.3, -0.25) is 4.79 Å². The summed E-state index contributed by atoms with van der Waals surface area (Å²) in [6, 6.07) is 5.00. The van der Waals surface area contributed by atoms with Crippen LogP contribution in [0.1, 0.15) is 43.5 Å². The van der Waals surface area contributed by atoms with Crippen LogP contribution >= 0.6 is 0 Å². The molecule has 22 heavy (non-hydrogen) atoms. The van der Waals surface area contributed by atoms with Crippen molar-refractivity contribution in [3.63, 3.8) is 0 Å². The van der Waals surface area contributed by atoms with Crippen molar-refractivity contribution < 1.29 is 23.8 Å². The summed E-state index contributed by atoms with van der Waals surface area (Å²) in [6.45, 7) is 4.52. The van der Waals surface area contributed by atoms with E-state index in [-0.39, 0.29) is 18.3 Å². The van der Waals surface area contributed by atoms with E-state index in [2.05, 4.69) is 5.48 Å². The van der Waals surface area contributed by atoms with Crippen molar-refractivity contribution in [1.29, 1.82) is 0 Å². The molecule has 1 aliphatic rings. The number of hydroxylamine groups is 1. The van der Waals surface area contributed by atoms with Gasteiger partial charge in [-0.15, -0.1) is 0 Å². The van der Waals surface area contributed by atoms with Gasteiger partial charge in [0.1, 0.15) is 0 Å². The zero-order valence-corrected chi connectivity index (χ0v) is 13.3. The zero-order valence-electron chi connectivity index (χ0n) is 13.3. The van der Waals surface area contributed by atoms with Gasteiger partial charge < -0.3 is 14.2 Å². The number of ether oxygens (including phenoxy) is 3. The second-order valence-corrected chi connectivity index (χ2v) is 5.38. The molecule has 0 radical (unpaired) electrons. The highest BCUT2D eigenvalue weighted by Crippen LogP contribution is 2.29. The number of nitrogens with one attached hydrogen (secondary N) is 1. The Morgan fingerprint density at radius 3 is 2.77 bits per heavy atom. The highest BCUT2D eigenvalue weighted by molar-refractivity contribution is 5.94. The lowest BCUT2D eigenvalue weighted by Gasteiger charge is -2.22. The summed E-state index contributed by atoms with van der Waals surface area (Å²) in [6.07, 6.45) is 2.51. The van der Waals surface area contributed by atoms with Crippen LogP contribution < -0.4 is 15.0 Å². The third-order valence-electron chi connectivity index (χ3n) is 3.21. The van der Waals surface area contributed by atoms with Gasteiger partial charge in [-0.2, -0.15) is 0 Å². The molecule has 1 heterocycles. The summed E-state index contributed by atoms with van der Waals surface area (Å²) in [7, 11) is 1.54. The molecule has 1 aromatic rings. The van der Waals surface area contributed by atoms with E-state index < -0.39 is 0 Å². The van der Waals surface area contributed by atoms with Crippen LogP contribution in [0.15, 0.2) is 18.2 Å². The van der Waals surface area contributed by atoms with Gasteiger partial charge in [-0.05, 0) is 44.9 Å². The average molecular weight is 309 g/mol. The first-order chi connectivity index (χ1) is 10.6. The van der Waals surface area contributed by atoms with Crippen molar-refractivity contribution in [3.8, 4) is 11.5 Å². The molecule has 1 atom stereocenters. The summed E-state index contributed by atoms with van der Waals surface area (Å²) < 4.78 is 16.3. The SMILES string of the molecule is COc1cc(C(=O)NO[C@@H]2CCCCO2)ccc1OC(C)C. The van der Waals surface area contributed by atoms with Crippen LogP contribution in [0.4, 0.5) is 0 Å². The van der Waals surface area contributed by atoms with Crippen LogP contribution in [0.5, 0.6) is 11.5 Å². The molecule has 0 aromatic heterocycles. The average Bonchev–Trinajstić information content (AvgIpc) is 2.53. The van der Waals surface area contributed by atoms with Crippen LogP contribution in [0, 0.1) is 0 Å². The smallest absolute Gasteiger partial charge is 0.275 e. The minimum Gasteiger partial charge on any atom is -0.493 e. The Labute approximate surface area is 130 Å². The maximum Gasteiger partial charge on any atom is 0.275 e. The number of carbonyl (C=O) groups is 1. The monoisotopic (exact) mass is 309 g/mol. The zero-order chi connectivity index (χ0) is 15.9. The molecule has 6 heteroatoms. The molecule has 0 aliphatic carbocycles. The second-order valence-electron chi connectivity index (χ2n) is 5.38. The maximum absolute atomic E-state index is 12.1. The molecule has 1 fully saturated rings. The third-order valence-corrected chi connectivity index (χ3v) is 3.21. The number of carbonyl (C=O) groups excluding carboxylic acids is 1. The standard InChI is InChI=1S/C16H23NO5/c1-11(2)21-13-8-7-12(10-14(13)19-3)16(18)17-22-15-6-4-5-9-20-15/h7-8,10-11,15H,4-6,9H2,1-3H3,(H,17,18)/t15-/m1/s1. The molecular weight excluding hydrogens is 286 g/mol. The third kappa shape index (κ3) is 4.61. The topological polar surface area (TPSA) is 66.0 Å². The molecule has 6 nitrogen and oxygen atoms in total. The van der Waals surface area contributed by atoms with E-state index in [9.17, 15) is 4.79 Å². The van der Waals surface area contributed by atoms with Gasteiger partial charge in [0.15, 0.2) is 17.8 Å². The molecule has 2 rings (SSSR count). The summed E-state index contributed by atoms with van der Waals surface area (Å²) in [5.74, 6) is 0.768. The van der Waals surface area contributed by atoms with Gasteiger partial charge in [-0.25, -0.2) is 10.3 Å². The fraction of sp³-hybridized carbons (Fsp3) is 0.562. The van der Waals surface area contributed by atoms with E-state index in [1.165, 1.54) is 7.11 Å². The molecule has 0 unspecified atom stereocenters. The van der Waals surface area contributed by atoms with Crippen LogP contribution in [-0.4, -0.2) is 32.0 Å². The molecule has 0 saturated carbocycles. The van der Waals surface area contributed by atoms with E-state index in [0.717, 1.165) is 19.3 Å². The van der Waals surface area contributed by atoms with Crippen LogP contribution in [-0.2, 0) is 9.57 Å². The number of methoxy groups -OCH3 is 1. The molecule has 1 aromatic carbocycles. The molecular formula is C16H23NO5. The maximum atomic E-state index is 12.1. The summed E-state index contributed by atoms with van der Waals surface area (Å²) in [4.78, 5) is 17.4. The predicted molar refractivity (Wildman–Crippen MR) is 80.9 cm³/mol. The van der Waals surface area contributed by atoms with Crippen molar-refractivity contribution in [2.75, 3.05) is 13.7 Å². The minimum atomic E-state index is -0.372. The van der Waals surface area contributed by atoms with Gasteiger partial charge in [0.2, 0.25) is 0 Å². The Bertz CT molecular complexity index is 497. The fourth-order valence-electron chi connectivity index (χ4n) is 2.14. The lowest BCUT2D eigenvalue weighted by Crippen LogP contribution is -2.33. The minimum absolute atomic E-state index is 0.0281. The first-order valence-electron chi connectivity index (χ1n) is 7.52. The molecule has 0 spiro atoms. The van der Waals surface area contributed by atoms with Crippen molar-refractivity contribution >= 4 is 5.91 Å². The summed E-state index contributed by atoms with van der Waals surface area (Å²) in [5, 5.41) is 0. The molecule has 0 bridgehead atoms. The molecule has 1 saturated heterocycles. The Kier molecular flexibility index (Phi) is 6.03. The second kappa shape index (κ2) is 8.00. The Morgan fingerprint density at radius 1 is 1.32 bits per heavy atom.